The summed E-state index contributed by atoms with van der Waals surface area (Å²) in [5.74, 6) is 1.48. The Morgan fingerprint density at radius 2 is 2.08 bits per heavy atom. The van der Waals surface area contributed by atoms with Crippen molar-refractivity contribution >= 4 is 11.7 Å². The van der Waals surface area contributed by atoms with E-state index in [0.29, 0.717) is 12.0 Å². The van der Waals surface area contributed by atoms with Gasteiger partial charge in [0.05, 0.1) is 11.8 Å². The van der Waals surface area contributed by atoms with Gasteiger partial charge in [-0.3, -0.25) is 4.79 Å². The number of nitrogens with one attached hydrogen (secondary N) is 1. The predicted octanol–water partition coefficient (Wildman–Crippen LogP) is 1.83. The lowest BCUT2D eigenvalue weighted by Gasteiger charge is -2.34. The summed E-state index contributed by atoms with van der Waals surface area (Å²) in [6.45, 7) is 3.70. The van der Waals surface area contributed by atoms with Gasteiger partial charge in [-0.2, -0.15) is 5.10 Å². The lowest BCUT2D eigenvalue weighted by molar-refractivity contribution is -0.132. The van der Waals surface area contributed by atoms with Crippen LogP contribution in [0.5, 0.6) is 0 Å². The molecule has 0 radical (unpaired) electrons. The lowest BCUT2D eigenvalue weighted by atomic mass is 9.91. The molecular formula is C18H26N4O2. The Kier molecular flexibility index (Phi) is 4.39. The number of aromatic nitrogens is 2. The summed E-state index contributed by atoms with van der Waals surface area (Å²) in [6, 6.07) is 4.37. The molecule has 3 fully saturated rings. The number of piperidine rings is 1. The highest BCUT2D eigenvalue weighted by atomic mass is 16.5. The van der Waals surface area contributed by atoms with Crippen LogP contribution in [-0.4, -0.2) is 47.4 Å². The van der Waals surface area contributed by atoms with Gasteiger partial charge in [-0.05, 0) is 50.7 Å². The topological polar surface area (TPSA) is 67.4 Å². The van der Waals surface area contributed by atoms with E-state index in [1.54, 1.807) is 0 Å². The molecule has 0 aromatic carbocycles. The molecule has 0 spiro atoms. The smallest absolute Gasteiger partial charge is 0.249 e. The highest BCUT2D eigenvalue weighted by Gasteiger charge is 2.42. The molecule has 1 N–H and O–H groups in total. The van der Waals surface area contributed by atoms with Crippen LogP contribution >= 0.6 is 0 Å². The summed E-state index contributed by atoms with van der Waals surface area (Å²) in [6.07, 6.45) is 6.45. The van der Waals surface area contributed by atoms with Gasteiger partial charge in [0.15, 0.2) is 5.82 Å². The van der Waals surface area contributed by atoms with Crippen LogP contribution in [0.1, 0.15) is 44.2 Å². The third kappa shape index (κ3) is 3.24. The first-order valence-corrected chi connectivity index (χ1v) is 9.20. The zero-order valence-corrected chi connectivity index (χ0v) is 14.3. The third-order valence-electron chi connectivity index (χ3n) is 5.65. The largest absolute Gasteiger partial charge is 0.363 e. The maximum Gasteiger partial charge on any atom is 0.249 e. The highest BCUT2D eigenvalue weighted by Crippen LogP contribution is 2.34. The predicted molar refractivity (Wildman–Crippen MR) is 90.8 cm³/mol. The van der Waals surface area contributed by atoms with Crippen LogP contribution in [0.4, 0.5) is 5.82 Å². The number of hydrogen-bond acceptors (Lipinski definition) is 5. The Morgan fingerprint density at radius 1 is 1.25 bits per heavy atom. The normalized spacial score (nSPS) is 30.4. The second kappa shape index (κ2) is 6.67. The van der Waals surface area contributed by atoms with Gasteiger partial charge < -0.3 is 15.0 Å². The van der Waals surface area contributed by atoms with Gasteiger partial charge in [-0.15, -0.1) is 5.10 Å². The fraction of sp³-hybridized carbons (Fsp3) is 0.722. The van der Waals surface area contributed by atoms with E-state index in [1.165, 1.54) is 12.8 Å². The first-order chi connectivity index (χ1) is 11.7. The number of aryl methyl sites for hydroxylation is 1. The van der Waals surface area contributed by atoms with E-state index >= 15 is 0 Å². The van der Waals surface area contributed by atoms with Crippen molar-refractivity contribution in [2.24, 2.45) is 5.92 Å². The molecule has 0 unspecified atom stereocenters. The maximum absolute atomic E-state index is 12.5. The standard InChI is InChI=1S/C18H26N4O2/c1-12-6-7-17(21-20-12)22-9-8-13-10-15(24-16(13)11-22)18(23)19-14-4-2-3-5-14/h6-7,13-16H,2-5,8-11H2,1H3,(H,19,23)/t13-,15+,16+/m1/s1. The molecule has 0 bridgehead atoms. The van der Waals surface area contributed by atoms with Crippen LogP contribution < -0.4 is 10.2 Å². The minimum Gasteiger partial charge on any atom is -0.363 e. The number of carbonyl (C=O) groups is 1. The number of hydrogen-bond donors (Lipinski definition) is 1. The summed E-state index contributed by atoms with van der Waals surface area (Å²) < 4.78 is 6.11. The van der Waals surface area contributed by atoms with Gasteiger partial charge in [0, 0.05) is 19.1 Å². The molecule has 2 aliphatic heterocycles. The quantitative estimate of drug-likeness (QED) is 0.916. The van der Waals surface area contributed by atoms with E-state index in [4.69, 9.17) is 4.74 Å². The Bertz CT molecular complexity index is 585. The molecule has 130 valence electrons. The minimum absolute atomic E-state index is 0.0953. The van der Waals surface area contributed by atoms with Gasteiger partial charge >= 0.3 is 0 Å². The zero-order valence-electron chi connectivity index (χ0n) is 14.3. The average Bonchev–Trinajstić information content (AvgIpc) is 3.24. The maximum atomic E-state index is 12.5. The van der Waals surface area contributed by atoms with Crippen LogP contribution in [0, 0.1) is 12.8 Å². The average molecular weight is 330 g/mol. The van der Waals surface area contributed by atoms with Crippen molar-refractivity contribution in [3.8, 4) is 0 Å². The van der Waals surface area contributed by atoms with E-state index < -0.39 is 0 Å². The molecule has 6 nitrogen and oxygen atoms in total. The van der Waals surface area contributed by atoms with Gasteiger partial charge in [0.25, 0.3) is 0 Å². The van der Waals surface area contributed by atoms with Crippen LogP contribution in [0.15, 0.2) is 12.1 Å². The van der Waals surface area contributed by atoms with Crippen molar-refractivity contribution in [1.29, 1.82) is 0 Å². The van der Waals surface area contributed by atoms with Crippen LogP contribution in [0.25, 0.3) is 0 Å². The van der Waals surface area contributed by atoms with Crippen molar-refractivity contribution < 1.29 is 9.53 Å². The van der Waals surface area contributed by atoms with Crippen molar-refractivity contribution in [3.63, 3.8) is 0 Å². The molecule has 1 aliphatic carbocycles. The molecule has 24 heavy (non-hydrogen) atoms. The molecule has 2 saturated heterocycles. The Hall–Kier alpha value is -1.69. The number of anilines is 1. The van der Waals surface area contributed by atoms with E-state index in [-0.39, 0.29) is 18.1 Å². The van der Waals surface area contributed by atoms with Crippen molar-refractivity contribution in [1.82, 2.24) is 15.5 Å². The van der Waals surface area contributed by atoms with Gasteiger partial charge in [0.1, 0.15) is 6.10 Å². The Labute approximate surface area is 143 Å². The Morgan fingerprint density at radius 3 is 2.83 bits per heavy atom. The summed E-state index contributed by atoms with van der Waals surface area (Å²) in [5.41, 5.74) is 0.925. The number of rotatable bonds is 3. The van der Waals surface area contributed by atoms with Gasteiger partial charge in [0.2, 0.25) is 5.91 Å². The number of fused-ring (bicyclic) bond motifs is 1. The number of nitrogens with zero attached hydrogens (tertiary/aromatic N) is 3. The lowest BCUT2D eigenvalue weighted by Crippen LogP contribution is -2.43. The minimum atomic E-state index is -0.273. The molecular weight excluding hydrogens is 304 g/mol. The second-order valence-corrected chi connectivity index (χ2v) is 7.42. The SMILES string of the molecule is Cc1ccc(N2CC[C@@H]3C[C@@H](C(=O)NC4CCCC4)O[C@H]3C2)nn1. The Balaban J connectivity index is 1.35. The van der Waals surface area contributed by atoms with Crippen LogP contribution in [-0.2, 0) is 9.53 Å². The van der Waals surface area contributed by atoms with E-state index in [1.807, 2.05) is 19.1 Å². The molecule has 4 rings (SSSR count). The van der Waals surface area contributed by atoms with E-state index in [2.05, 4.69) is 20.4 Å². The zero-order chi connectivity index (χ0) is 16.5. The molecule has 1 saturated carbocycles. The third-order valence-corrected chi connectivity index (χ3v) is 5.65. The van der Waals surface area contributed by atoms with Crippen molar-refractivity contribution in [2.75, 3.05) is 18.0 Å². The number of ether oxygens (including phenoxy) is 1. The molecule has 1 aromatic rings. The van der Waals surface area contributed by atoms with Gasteiger partial charge in [-0.1, -0.05) is 12.8 Å². The van der Waals surface area contributed by atoms with E-state index in [0.717, 1.165) is 50.3 Å². The summed E-state index contributed by atoms with van der Waals surface area (Å²) in [4.78, 5) is 14.7. The molecule has 3 atom stereocenters. The van der Waals surface area contributed by atoms with Gasteiger partial charge in [-0.25, -0.2) is 0 Å². The van der Waals surface area contributed by atoms with Crippen molar-refractivity contribution in [3.05, 3.63) is 17.8 Å². The van der Waals surface area contributed by atoms with E-state index in [9.17, 15) is 4.79 Å². The highest BCUT2D eigenvalue weighted by molar-refractivity contribution is 5.81. The first kappa shape index (κ1) is 15.8. The number of amides is 1. The van der Waals surface area contributed by atoms with Crippen LogP contribution in [0.2, 0.25) is 0 Å². The molecule has 3 aliphatic rings. The first-order valence-electron chi connectivity index (χ1n) is 9.20. The summed E-state index contributed by atoms with van der Waals surface area (Å²) in [5, 5.41) is 11.6. The fourth-order valence-corrected chi connectivity index (χ4v) is 4.23. The van der Waals surface area contributed by atoms with Crippen molar-refractivity contribution in [2.45, 2.75) is 63.7 Å². The molecule has 1 amide bonds. The second-order valence-electron chi connectivity index (χ2n) is 7.42. The summed E-state index contributed by atoms with van der Waals surface area (Å²) >= 11 is 0. The summed E-state index contributed by atoms with van der Waals surface area (Å²) in [7, 11) is 0. The molecule has 6 heteroatoms. The molecule has 1 aromatic heterocycles. The number of carbonyl (C=O) groups excluding carboxylic acids is 1. The fourth-order valence-electron chi connectivity index (χ4n) is 4.23. The monoisotopic (exact) mass is 330 g/mol. The van der Waals surface area contributed by atoms with Crippen LogP contribution in [0.3, 0.4) is 0 Å². The molecule has 3 heterocycles.